The van der Waals surface area contributed by atoms with Gasteiger partial charge in [0.2, 0.25) is 0 Å². The molecule has 1 aliphatic heterocycles. The Labute approximate surface area is 161 Å². The number of rotatable bonds is 5. The fraction of sp³-hybridized carbons (Fsp3) is 0.455. The van der Waals surface area contributed by atoms with Crippen molar-refractivity contribution in [2.75, 3.05) is 31.1 Å². The second-order valence-corrected chi connectivity index (χ2v) is 7.61. The summed E-state index contributed by atoms with van der Waals surface area (Å²) in [6, 6.07) is 14.9. The molecule has 1 aromatic heterocycles. The Hall–Kier alpha value is -2.40. The molecule has 0 spiro atoms. The van der Waals surface area contributed by atoms with Crippen LogP contribution in [0.2, 0.25) is 0 Å². The van der Waals surface area contributed by atoms with E-state index in [1.54, 1.807) is 6.20 Å². The highest BCUT2D eigenvalue weighted by molar-refractivity contribution is 5.94. The van der Waals surface area contributed by atoms with Gasteiger partial charge in [-0.05, 0) is 30.5 Å². The van der Waals surface area contributed by atoms with Gasteiger partial charge in [-0.15, -0.1) is 0 Å². The number of hydrogen-bond acceptors (Lipinski definition) is 4. The highest BCUT2D eigenvalue weighted by atomic mass is 16.1. The summed E-state index contributed by atoms with van der Waals surface area (Å²) in [6.45, 7) is 4.99. The third kappa shape index (κ3) is 4.66. The number of hydrogen-bond donors (Lipinski definition) is 1. The lowest BCUT2D eigenvalue weighted by Crippen LogP contribution is -2.46. The first-order valence-corrected chi connectivity index (χ1v) is 10.1. The van der Waals surface area contributed by atoms with Crippen molar-refractivity contribution in [3.8, 4) is 0 Å². The summed E-state index contributed by atoms with van der Waals surface area (Å²) in [7, 11) is 0. The van der Waals surface area contributed by atoms with Crippen LogP contribution in [0.4, 0.5) is 5.82 Å². The number of amides is 1. The first kappa shape index (κ1) is 18.0. The van der Waals surface area contributed by atoms with Gasteiger partial charge in [0.15, 0.2) is 0 Å². The minimum absolute atomic E-state index is 0.00799. The molecule has 27 heavy (non-hydrogen) atoms. The number of nitrogens with zero attached hydrogens (tertiary/aromatic N) is 3. The van der Waals surface area contributed by atoms with Gasteiger partial charge in [-0.2, -0.15) is 0 Å². The smallest absolute Gasteiger partial charge is 0.253 e. The molecule has 1 amide bonds. The van der Waals surface area contributed by atoms with Crippen LogP contribution >= 0.6 is 0 Å². The summed E-state index contributed by atoms with van der Waals surface area (Å²) in [4.78, 5) is 21.7. The average molecular weight is 364 g/mol. The molecule has 5 heteroatoms. The van der Waals surface area contributed by atoms with Crippen molar-refractivity contribution in [1.29, 1.82) is 0 Å². The zero-order valence-corrected chi connectivity index (χ0v) is 15.8. The predicted molar refractivity (Wildman–Crippen MR) is 108 cm³/mol. The van der Waals surface area contributed by atoms with Crippen LogP contribution in [-0.4, -0.2) is 48.0 Å². The molecule has 2 aromatic rings. The lowest BCUT2D eigenvalue weighted by atomic mass is 10.2. The standard InChI is InChI=1S/C22H28N4O/c27-22(24-20-8-4-5-9-20)19-10-11-21(23-16-19)26-14-12-25(13-15-26)17-18-6-2-1-3-7-18/h1-3,6-7,10-11,16,20H,4-5,8-9,12-15,17H2,(H,24,27). The van der Waals surface area contributed by atoms with Gasteiger partial charge >= 0.3 is 0 Å². The van der Waals surface area contributed by atoms with Crippen LogP contribution in [0, 0.1) is 0 Å². The predicted octanol–water partition coefficient (Wildman–Crippen LogP) is 3.08. The maximum atomic E-state index is 12.3. The minimum atomic E-state index is 0.00799. The Balaban J connectivity index is 1.29. The molecule has 0 atom stereocenters. The monoisotopic (exact) mass is 364 g/mol. The number of carbonyl (C=O) groups is 1. The normalized spacial score (nSPS) is 18.6. The van der Waals surface area contributed by atoms with Gasteiger partial charge in [-0.1, -0.05) is 43.2 Å². The second-order valence-electron chi connectivity index (χ2n) is 7.61. The first-order chi connectivity index (χ1) is 13.3. The average Bonchev–Trinajstić information content (AvgIpc) is 3.22. The number of benzene rings is 1. The molecule has 1 aliphatic carbocycles. The molecule has 2 fully saturated rings. The highest BCUT2D eigenvalue weighted by Gasteiger charge is 2.20. The van der Waals surface area contributed by atoms with Crippen molar-refractivity contribution < 1.29 is 4.79 Å². The number of anilines is 1. The Bertz CT molecular complexity index is 733. The molecular weight excluding hydrogens is 336 g/mol. The van der Waals surface area contributed by atoms with Crippen molar-refractivity contribution in [3.63, 3.8) is 0 Å². The fourth-order valence-corrected chi connectivity index (χ4v) is 4.02. The van der Waals surface area contributed by atoms with Crippen molar-refractivity contribution in [2.45, 2.75) is 38.3 Å². The molecule has 1 aromatic carbocycles. The Morgan fingerprint density at radius 3 is 2.41 bits per heavy atom. The molecule has 142 valence electrons. The van der Waals surface area contributed by atoms with Gasteiger partial charge in [0.1, 0.15) is 5.82 Å². The molecule has 0 radical (unpaired) electrons. The van der Waals surface area contributed by atoms with Gasteiger partial charge in [-0.3, -0.25) is 9.69 Å². The molecular formula is C22H28N4O. The number of piperazine rings is 1. The van der Waals surface area contributed by atoms with Gasteiger partial charge in [0, 0.05) is 45.0 Å². The summed E-state index contributed by atoms with van der Waals surface area (Å²) < 4.78 is 0. The Morgan fingerprint density at radius 2 is 1.74 bits per heavy atom. The van der Waals surface area contributed by atoms with E-state index < -0.39 is 0 Å². The summed E-state index contributed by atoms with van der Waals surface area (Å²) in [6.07, 6.45) is 6.36. The lowest BCUT2D eigenvalue weighted by molar-refractivity contribution is 0.0937. The first-order valence-electron chi connectivity index (χ1n) is 10.1. The molecule has 0 unspecified atom stereocenters. The molecule has 5 nitrogen and oxygen atoms in total. The van der Waals surface area contributed by atoms with E-state index in [4.69, 9.17) is 0 Å². The van der Waals surface area contributed by atoms with E-state index in [0.29, 0.717) is 11.6 Å². The molecule has 2 aliphatic rings. The van der Waals surface area contributed by atoms with Gasteiger partial charge in [-0.25, -0.2) is 4.98 Å². The number of aromatic nitrogens is 1. The summed E-state index contributed by atoms with van der Waals surface area (Å²) >= 11 is 0. The van der Waals surface area contributed by atoms with E-state index in [9.17, 15) is 4.79 Å². The zero-order valence-electron chi connectivity index (χ0n) is 15.8. The summed E-state index contributed by atoms with van der Waals surface area (Å²) in [5.74, 6) is 0.973. The molecule has 0 bridgehead atoms. The molecule has 4 rings (SSSR count). The minimum Gasteiger partial charge on any atom is -0.354 e. The summed E-state index contributed by atoms with van der Waals surface area (Å²) in [5.41, 5.74) is 2.02. The SMILES string of the molecule is O=C(NC1CCCC1)c1ccc(N2CCN(Cc3ccccc3)CC2)nc1. The molecule has 2 heterocycles. The third-order valence-corrected chi connectivity index (χ3v) is 5.65. The van der Waals surface area contributed by atoms with Crippen molar-refractivity contribution in [3.05, 3.63) is 59.8 Å². The van der Waals surface area contributed by atoms with Gasteiger partial charge in [0.25, 0.3) is 5.91 Å². The van der Waals surface area contributed by atoms with Crippen molar-refractivity contribution in [1.82, 2.24) is 15.2 Å². The van der Waals surface area contributed by atoms with Crippen molar-refractivity contribution in [2.24, 2.45) is 0 Å². The van der Waals surface area contributed by atoms with Crippen LogP contribution in [0.15, 0.2) is 48.7 Å². The fourth-order valence-electron chi connectivity index (χ4n) is 4.02. The van der Waals surface area contributed by atoms with Crippen LogP contribution < -0.4 is 10.2 Å². The van der Waals surface area contributed by atoms with E-state index in [1.165, 1.54) is 18.4 Å². The van der Waals surface area contributed by atoms with Gasteiger partial charge < -0.3 is 10.2 Å². The number of carbonyl (C=O) groups excluding carboxylic acids is 1. The topological polar surface area (TPSA) is 48.5 Å². The molecule has 1 saturated heterocycles. The van der Waals surface area contributed by atoms with E-state index in [0.717, 1.165) is 51.4 Å². The largest absolute Gasteiger partial charge is 0.354 e. The van der Waals surface area contributed by atoms with E-state index in [2.05, 4.69) is 50.4 Å². The van der Waals surface area contributed by atoms with Crippen LogP contribution in [0.25, 0.3) is 0 Å². The van der Waals surface area contributed by atoms with E-state index >= 15 is 0 Å². The quantitative estimate of drug-likeness (QED) is 0.886. The second kappa shape index (κ2) is 8.53. The highest BCUT2D eigenvalue weighted by Crippen LogP contribution is 2.19. The third-order valence-electron chi connectivity index (χ3n) is 5.65. The Morgan fingerprint density at radius 1 is 1.00 bits per heavy atom. The van der Waals surface area contributed by atoms with Gasteiger partial charge in [0.05, 0.1) is 5.56 Å². The maximum Gasteiger partial charge on any atom is 0.253 e. The van der Waals surface area contributed by atoms with Crippen LogP contribution in [-0.2, 0) is 6.54 Å². The maximum absolute atomic E-state index is 12.3. The van der Waals surface area contributed by atoms with Crippen molar-refractivity contribution >= 4 is 11.7 Å². The van der Waals surface area contributed by atoms with Crippen LogP contribution in [0.1, 0.15) is 41.6 Å². The molecule has 1 N–H and O–H groups in total. The Kier molecular flexibility index (Phi) is 5.68. The summed E-state index contributed by atoms with van der Waals surface area (Å²) in [5, 5.41) is 3.12. The molecule has 1 saturated carbocycles. The lowest BCUT2D eigenvalue weighted by Gasteiger charge is -2.35. The van der Waals surface area contributed by atoms with E-state index in [1.807, 2.05) is 12.1 Å². The number of nitrogens with one attached hydrogen (secondary N) is 1. The zero-order chi connectivity index (χ0) is 18.5. The number of pyridine rings is 1. The van der Waals surface area contributed by atoms with Crippen LogP contribution in [0.3, 0.4) is 0 Å². The van der Waals surface area contributed by atoms with Crippen LogP contribution in [0.5, 0.6) is 0 Å². The van der Waals surface area contributed by atoms with E-state index in [-0.39, 0.29) is 5.91 Å².